The predicted molar refractivity (Wildman–Crippen MR) is 112 cm³/mol. The van der Waals surface area contributed by atoms with E-state index >= 15 is 0 Å². The summed E-state index contributed by atoms with van der Waals surface area (Å²) in [5.74, 6) is 0.305. The number of hydrogen-bond donors (Lipinski definition) is 1. The van der Waals surface area contributed by atoms with Gasteiger partial charge in [0.2, 0.25) is 0 Å². The molecule has 8 heteroatoms. The van der Waals surface area contributed by atoms with Gasteiger partial charge in [0.05, 0.1) is 5.69 Å². The number of hydrogen-bond acceptors (Lipinski definition) is 4. The largest absolute Gasteiger partial charge is 0.487 e. The average Bonchev–Trinajstić information content (AvgIpc) is 3.18. The zero-order valence-electron chi connectivity index (χ0n) is 16.6. The number of pyridine rings is 1. The predicted octanol–water partition coefficient (Wildman–Crippen LogP) is 5.08. The third kappa shape index (κ3) is 4.98. The summed E-state index contributed by atoms with van der Waals surface area (Å²) in [6, 6.07) is 16.4. The molecule has 31 heavy (non-hydrogen) atoms. The Morgan fingerprint density at radius 1 is 1.06 bits per heavy atom. The van der Waals surface area contributed by atoms with Crippen LogP contribution in [-0.4, -0.2) is 21.9 Å². The normalized spacial score (nSPS) is 11.0. The highest BCUT2D eigenvalue weighted by Crippen LogP contribution is 2.20. The van der Waals surface area contributed by atoms with Crippen molar-refractivity contribution in [2.45, 2.75) is 20.1 Å². The first-order chi connectivity index (χ1) is 15.0. The zero-order chi connectivity index (χ0) is 21.8. The molecule has 0 spiro atoms. The number of nitrogens with zero attached hydrogens (tertiary/aromatic N) is 2. The van der Waals surface area contributed by atoms with E-state index in [9.17, 15) is 13.6 Å². The molecule has 0 aliphatic heterocycles. The second-order valence-electron chi connectivity index (χ2n) is 6.82. The third-order valence-electron chi connectivity index (χ3n) is 4.57. The van der Waals surface area contributed by atoms with Crippen LogP contribution >= 0.6 is 0 Å². The average molecular weight is 423 g/mol. The molecule has 0 saturated carbocycles. The number of anilines is 1. The number of fused-ring (bicyclic) bond motifs is 1. The van der Waals surface area contributed by atoms with Crippen LogP contribution < -0.4 is 14.8 Å². The van der Waals surface area contributed by atoms with Gasteiger partial charge in [0.25, 0.3) is 5.91 Å². The molecular formula is C23H19F2N3O3. The lowest BCUT2D eigenvalue weighted by atomic mass is 10.2. The van der Waals surface area contributed by atoms with Gasteiger partial charge in [0.15, 0.2) is 0 Å². The van der Waals surface area contributed by atoms with Crippen molar-refractivity contribution < 1.29 is 23.0 Å². The van der Waals surface area contributed by atoms with Gasteiger partial charge < -0.3 is 19.2 Å². The maximum Gasteiger partial charge on any atom is 0.387 e. The fraction of sp³-hybridized carbons (Fsp3) is 0.130. The molecule has 4 rings (SSSR count). The van der Waals surface area contributed by atoms with Crippen molar-refractivity contribution in [1.29, 1.82) is 0 Å². The Balaban J connectivity index is 1.34. The van der Waals surface area contributed by atoms with Crippen LogP contribution in [0.1, 0.15) is 21.6 Å². The standard InChI is InChI=1S/C23H19F2N3O3/c1-15-3-2-12-28-13-18(26-21(15)28)14-30-19-8-4-16(5-9-19)22(29)27-17-6-10-20(11-7-17)31-23(24)25/h2-13,23H,14H2,1H3,(H,27,29). The zero-order valence-corrected chi connectivity index (χ0v) is 16.6. The number of carbonyl (C=O) groups excluding carboxylic acids is 1. The topological polar surface area (TPSA) is 64.9 Å². The molecule has 6 nitrogen and oxygen atoms in total. The summed E-state index contributed by atoms with van der Waals surface area (Å²) in [5.41, 5.74) is 3.68. The number of ether oxygens (including phenoxy) is 2. The number of alkyl halides is 2. The maximum absolute atomic E-state index is 12.4. The van der Waals surface area contributed by atoms with Crippen molar-refractivity contribution in [3.63, 3.8) is 0 Å². The van der Waals surface area contributed by atoms with Gasteiger partial charge in [-0.2, -0.15) is 8.78 Å². The molecule has 158 valence electrons. The lowest BCUT2D eigenvalue weighted by molar-refractivity contribution is -0.0498. The molecule has 0 saturated heterocycles. The van der Waals surface area contributed by atoms with E-state index < -0.39 is 6.61 Å². The highest BCUT2D eigenvalue weighted by atomic mass is 19.3. The Bertz CT molecular complexity index is 1190. The Kier molecular flexibility index (Phi) is 5.79. The van der Waals surface area contributed by atoms with Crippen LogP contribution in [-0.2, 0) is 6.61 Å². The minimum atomic E-state index is -2.89. The quantitative estimate of drug-likeness (QED) is 0.451. The number of aromatic nitrogens is 2. The Morgan fingerprint density at radius 2 is 1.77 bits per heavy atom. The van der Waals surface area contributed by atoms with Crippen LogP contribution in [0.2, 0.25) is 0 Å². The summed E-state index contributed by atoms with van der Waals surface area (Å²) in [7, 11) is 0. The highest BCUT2D eigenvalue weighted by Gasteiger charge is 2.09. The molecule has 2 aromatic heterocycles. The summed E-state index contributed by atoms with van der Waals surface area (Å²) in [4.78, 5) is 16.9. The minimum Gasteiger partial charge on any atom is -0.487 e. The van der Waals surface area contributed by atoms with Gasteiger partial charge in [-0.05, 0) is 67.1 Å². The lowest BCUT2D eigenvalue weighted by Crippen LogP contribution is -2.11. The molecule has 0 radical (unpaired) electrons. The molecule has 1 amide bonds. The number of rotatable bonds is 7. The van der Waals surface area contributed by atoms with Gasteiger partial charge in [-0.3, -0.25) is 4.79 Å². The van der Waals surface area contributed by atoms with Crippen molar-refractivity contribution >= 4 is 17.2 Å². The van der Waals surface area contributed by atoms with E-state index in [1.54, 1.807) is 24.3 Å². The van der Waals surface area contributed by atoms with Gasteiger partial charge in [-0.1, -0.05) is 6.07 Å². The third-order valence-corrected chi connectivity index (χ3v) is 4.57. The molecule has 2 heterocycles. The summed E-state index contributed by atoms with van der Waals surface area (Å²) in [5, 5.41) is 2.70. The van der Waals surface area contributed by atoms with Crippen LogP contribution in [0.25, 0.3) is 5.65 Å². The molecule has 4 aromatic rings. The fourth-order valence-corrected chi connectivity index (χ4v) is 3.06. The second kappa shape index (κ2) is 8.83. The van der Waals surface area contributed by atoms with E-state index in [0.717, 1.165) is 16.9 Å². The van der Waals surface area contributed by atoms with Crippen molar-refractivity contribution in [3.05, 3.63) is 89.9 Å². The summed E-state index contributed by atoms with van der Waals surface area (Å²) in [6.07, 6.45) is 3.85. The van der Waals surface area contributed by atoms with E-state index in [1.165, 1.54) is 24.3 Å². The first-order valence-corrected chi connectivity index (χ1v) is 9.50. The SMILES string of the molecule is Cc1cccn2cc(COc3ccc(C(=O)Nc4ccc(OC(F)F)cc4)cc3)nc12. The summed E-state index contributed by atoms with van der Waals surface area (Å²) >= 11 is 0. The Labute approximate surface area is 177 Å². The molecular weight excluding hydrogens is 404 g/mol. The number of amides is 1. The molecule has 0 unspecified atom stereocenters. The lowest BCUT2D eigenvalue weighted by Gasteiger charge is -2.08. The molecule has 0 aliphatic carbocycles. The molecule has 1 N–H and O–H groups in total. The van der Waals surface area contributed by atoms with Gasteiger partial charge in [0, 0.05) is 23.6 Å². The van der Waals surface area contributed by atoms with E-state index in [0.29, 0.717) is 23.6 Å². The van der Waals surface area contributed by atoms with Crippen LogP contribution in [0.3, 0.4) is 0 Å². The van der Waals surface area contributed by atoms with Gasteiger partial charge >= 0.3 is 6.61 Å². The Hall–Kier alpha value is -3.94. The monoisotopic (exact) mass is 423 g/mol. The number of aryl methyl sites for hydroxylation is 1. The van der Waals surface area contributed by atoms with E-state index in [1.807, 2.05) is 35.9 Å². The van der Waals surface area contributed by atoms with Crippen molar-refractivity contribution in [3.8, 4) is 11.5 Å². The molecule has 0 bridgehead atoms. The summed E-state index contributed by atoms with van der Waals surface area (Å²) in [6.45, 7) is -0.583. The van der Waals surface area contributed by atoms with Crippen LogP contribution in [0, 0.1) is 6.92 Å². The second-order valence-corrected chi connectivity index (χ2v) is 6.82. The molecule has 0 fully saturated rings. The summed E-state index contributed by atoms with van der Waals surface area (Å²) < 4.78 is 36.4. The van der Waals surface area contributed by atoms with Crippen LogP contribution in [0.4, 0.5) is 14.5 Å². The van der Waals surface area contributed by atoms with E-state index in [-0.39, 0.29) is 11.7 Å². The fourth-order valence-electron chi connectivity index (χ4n) is 3.06. The van der Waals surface area contributed by atoms with Gasteiger partial charge in [-0.25, -0.2) is 4.98 Å². The maximum atomic E-state index is 12.4. The van der Waals surface area contributed by atoms with Crippen molar-refractivity contribution in [2.75, 3.05) is 5.32 Å². The van der Waals surface area contributed by atoms with Crippen LogP contribution in [0.15, 0.2) is 73.1 Å². The van der Waals surface area contributed by atoms with E-state index in [2.05, 4.69) is 15.0 Å². The van der Waals surface area contributed by atoms with Crippen molar-refractivity contribution in [2.24, 2.45) is 0 Å². The van der Waals surface area contributed by atoms with Crippen molar-refractivity contribution in [1.82, 2.24) is 9.38 Å². The number of carbonyl (C=O) groups is 1. The molecule has 0 atom stereocenters. The van der Waals surface area contributed by atoms with E-state index in [4.69, 9.17) is 4.74 Å². The number of benzene rings is 2. The molecule has 0 aliphatic rings. The first kappa shape index (κ1) is 20.3. The molecule has 2 aromatic carbocycles. The smallest absolute Gasteiger partial charge is 0.387 e. The highest BCUT2D eigenvalue weighted by molar-refractivity contribution is 6.04. The van der Waals surface area contributed by atoms with Gasteiger partial charge in [0.1, 0.15) is 23.8 Å². The van der Waals surface area contributed by atoms with Crippen LogP contribution in [0.5, 0.6) is 11.5 Å². The number of imidazole rings is 1. The van der Waals surface area contributed by atoms with Gasteiger partial charge in [-0.15, -0.1) is 0 Å². The number of nitrogens with one attached hydrogen (secondary N) is 1. The minimum absolute atomic E-state index is 0.0234. The Morgan fingerprint density at radius 3 is 2.45 bits per heavy atom. The number of halogens is 2. The first-order valence-electron chi connectivity index (χ1n) is 9.50.